The van der Waals surface area contributed by atoms with Gasteiger partial charge in [0, 0.05) is 31.8 Å². The Morgan fingerprint density at radius 2 is 1.21 bits per heavy atom. The second-order valence-corrected chi connectivity index (χ2v) is 4.20. The molecule has 0 amide bonds. The smallest absolute Gasteiger partial charge is 0.177 e. The van der Waals surface area contributed by atoms with Crippen molar-refractivity contribution in [2.24, 2.45) is 5.73 Å². The fourth-order valence-corrected chi connectivity index (χ4v) is 1.34. The van der Waals surface area contributed by atoms with Gasteiger partial charge in [0.2, 0.25) is 0 Å². The number of aliphatic hydroxyl groups is 3. The Balaban J connectivity index is -0.000000280. The van der Waals surface area contributed by atoms with Crippen LogP contribution < -0.4 is 5.73 Å². The predicted octanol–water partition coefficient (Wildman–Crippen LogP) is -1.61. The van der Waals surface area contributed by atoms with Crippen LogP contribution >= 0.6 is 0 Å². The number of hydroxylamine groups is 3. The number of nitrogens with two attached hydrogens (primary N) is 1. The molecule has 9 nitrogen and oxygen atoms in total. The zero-order valence-corrected chi connectivity index (χ0v) is 11.4. The largest absolute Gasteiger partial charge is 0.412 e. The van der Waals surface area contributed by atoms with Gasteiger partial charge in [0.05, 0.1) is 4.97 Å². The molecule has 0 bridgehead atoms. The molecule has 0 aromatic rings. The first kappa shape index (κ1) is 23.7. The van der Waals surface area contributed by atoms with Crippen LogP contribution in [0.3, 0.4) is 0 Å². The molecule has 0 saturated heterocycles. The van der Waals surface area contributed by atoms with E-state index in [0.717, 1.165) is 0 Å². The lowest BCUT2D eigenvalue weighted by molar-refractivity contribution is -1.37. The third kappa shape index (κ3) is 17.6. The molecule has 0 saturated carbocycles. The van der Waals surface area contributed by atoms with Crippen molar-refractivity contribution in [1.82, 2.24) is 0 Å². The molecule has 9 heteroatoms. The number of aliphatic hydroxyl groups excluding tert-OH is 3. The molecule has 0 unspecified atom stereocenters. The summed E-state index contributed by atoms with van der Waals surface area (Å²) in [7, 11) is 0. The molecule has 0 aliphatic carbocycles. The average molecular weight is 289 g/mol. The van der Waals surface area contributed by atoms with Crippen LogP contribution in [0.4, 0.5) is 0 Å². The number of rotatable bonds is 8. The summed E-state index contributed by atoms with van der Waals surface area (Å²) in [6.45, 7) is 1.67. The van der Waals surface area contributed by atoms with Crippen molar-refractivity contribution in [1.29, 1.82) is 0 Å². The molecular formula is C10H29N2O7+. The fourth-order valence-electron chi connectivity index (χ4n) is 1.34. The van der Waals surface area contributed by atoms with Crippen LogP contribution in [0.5, 0.6) is 0 Å². The standard InChI is InChI=1S/C7H17NO3.C3H10NO3.H2O/c8-7(1-4-9,2-5-10)3-6-11;1-2-3-4(5,6)7;/h9-11H,1-6,8H2;5-7H,2-3H2,1H3;1H2/q;+1;. The normalized spacial score (nSPS) is 11.4. The molecule has 0 aromatic carbocycles. The van der Waals surface area contributed by atoms with Crippen molar-refractivity contribution < 1.29 is 41.4 Å². The van der Waals surface area contributed by atoms with Crippen molar-refractivity contribution in [3.63, 3.8) is 0 Å². The van der Waals surface area contributed by atoms with E-state index in [1.54, 1.807) is 6.92 Å². The highest BCUT2D eigenvalue weighted by Crippen LogP contribution is 2.15. The fraction of sp³-hybridized carbons (Fsp3) is 1.00. The molecule has 19 heavy (non-hydrogen) atoms. The Morgan fingerprint density at radius 1 is 0.895 bits per heavy atom. The Bertz CT molecular complexity index is 170. The molecule has 120 valence electrons. The first-order valence-corrected chi connectivity index (χ1v) is 5.92. The molecule has 0 aliphatic rings. The van der Waals surface area contributed by atoms with Gasteiger partial charge in [0.25, 0.3) is 0 Å². The van der Waals surface area contributed by atoms with Gasteiger partial charge in [0.15, 0.2) is 6.54 Å². The van der Waals surface area contributed by atoms with Crippen molar-refractivity contribution in [3.05, 3.63) is 0 Å². The molecule has 0 rings (SSSR count). The maximum atomic E-state index is 8.61. The van der Waals surface area contributed by atoms with Gasteiger partial charge >= 0.3 is 0 Å². The molecule has 0 fully saturated rings. The lowest BCUT2D eigenvalue weighted by Crippen LogP contribution is -2.42. The van der Waals surface area contributed by atoms with E-state index in [-0.39, 0.29) is 31.8 Å². The molecule has 0 aromatic heterocycles. The minimum absolute atomic E-state index is 0. The van der Waals surface area contributed by atoms with Crippen molar-refractivity contribution >= 4 is 0 Å². The van der Waals surface area contributed by atoms with Crippen molar-refractivity contribution in [2.45, 2.75) is 38.1 Å². The SMILES string of the molecule is CCC[N+](O)(O)O.NC(CCO)(CCO)CCO.O. The Labute approximate surface area is 112 Å². The van der Waals surface area contributed by atoms with Crippen LogP contribution in [0.2, 0.25) is 0 Å². The van der Waals surface area contributed by atoms with Crippen LogP contribution in [0.1, 0.15) is 32.6 Å². The minimum Gasteiger partial charge on any atom is -0.412 e. The lowest BCUT2D eigenvalue weighted by atomic mass is 9.90. The zero-order valence-electron chi connectivity index (χ0n) is 11.4. The Kier molecular flexibility index (Phi) is 15.8. The first-order chi connectivity index (χ1) is 8.24. The van der Waals surface area contributed by atoms with Gasteiger partial charge in [-0.15, -0.1) is 15.6 Å². The van der Waals surface area contributed by atoms with Gasteiger partial charge in [-0.1, -0.05) is 6.92 Å². The summed E-state index contributed by atoms with van der Waals surface area (Å²) in [4.78, 5) is -1.91. The molecule has 0 spiro atoms. The summed E-state index contributed by atoms with van der Waals surface area (Å²) in [6, 6.07) is 0. The average Bonchev–Trinajstić information content (AvgIpc) is 2.17. The van der Waals surface area contributed by atoms with E-state index in [9.17, 15) is 0 Å². The Hall–Kier alpha value is -0.360. The number of quaternary nitrogens is 1. The summed E-state index contributed by atoms with van der Waals surface area (Å²) in [5.74, 6) is 0. The lowest BCUT2D eigenvalue weighted by Gasteiger charge is -2.26. The summed E-state index contributed by atoms with van der Waals surface area (Å²) in [6.07, 6.45) is 1.81. The summed E-state index contributed by atoms with van der Waals surface area (Å²) in [5.41, 5.74) is 5.15. The minimum atomic E-state index is -1.91. The molecule has 0 aliphatic heterocycles. The van der Waals surface area contributed by atoms with E-state index in [1.807, 2.05) is 0 Å². The summed E-state index contributed by atoms with van der Waals surface area (Å²) >= 11 is 0. The van der Waals surface area contributed by atoms with Crippen LogP contribution in [0, 0.1) is 0 Å². The maximum Gasteiger partial charge on any atom is 0.177 e. The van der Waals surface area contributed by atoms with E-state index in [0.29, 0.717) is 25.7 Å². The van der Waals surface area contributed by atoms with E-state index < -0.39 is 10.5 Å². The second kappa shape index (κ2) is 12.7. The summed E-state index contributed by atoms with van der Waals surface area (Å²) in [5, 5.41) is 50.0. The maximum absolute atomic E-state index is 8.61. The molecule has 10 N–H and O–H groups in total. The van der Waals surface area contributed by atoms with Gasteiger partial charge in [-0.25, -0.2) is 0 Å². The van der Waals surface area contributed by atoms with Gasteiger partial charge in [-0.2, -0.15) is 0 Å². The Morgan fingerprint density at radius 3 is 1.32 bits per heavy atom. The topological polar surface area (TPSA) is 179 Å². The zero-order chi connectivity index (χ0) is 14.7. The number of nitrogens with zero attached hydrogens (tertiary/aromatic N) is 1. The second-order valence-electron chi connectivity index (χ2n) is 4.20. The quantitative estimate of drug-likeness (QED) is 0.207. The third-order valence-electron chi connectivity index (χ3n) is 2.35. The number of hydrogen-bond acceptors (Lipinski definition) is 7. The highest BCUT2D eigenvalue weighted by atomic mass is 17.1. The van der Waals surface area contributed by atoms with Gasteiger partial charge in [0.1, 0.15) is 0 Å². The molecular weight excluding hydrogens is 260 g/mol. The van der Waals surface area contributed by atoms with Gasteiger partial charge in [-0.05, 0) is 19.3 Å². The third-order valence-corrected chi connectivity index (χ3v) is 2.35. The first-order valence-electron chi connectivity index (χ1n) is 5.92. The monoisotopic (exact) mass is 289 g/mol. The van der Waals surface area contributed by atoms with Crippen LogP contribution in [-0.4, -0.2) is 73.3 Å². The number of hydrogen-bond donors (Lipinski definition) is 7. The van der Waals surface area contributed by atoms with E-state index in [1.165, 1.54) is 0 Å². The van der Waals surface area contributed by atoms with Gasteiger partial charge in [-0.3, -0.25) is 0 Å². The van der Waals surface area contributed by atoms with Crippen molar-refractivity contribution in [2.75, 3.05) is 26.4 Å². The van der Waals surface area contributed by atoms with E-state index in [4.69, 9.17) is 36.7 Å². The van der Waals surface area contributed by atoms with E-state index >= 15 is 0 Å². The van der Waals surface area contributed by atoms with Crippen LogP contribution in [-0.2, 0) is 0 Å². The van der Waals surface area contributed by atoms with Gasteiger partial charge < -0.3 is 26.5 Å². The van der Waals surface area contributed by atoms with Crippen LogP contribution in [0.15, 0.2) is 0 Å². The van der Waals surface area contributed by atoms with E-state index in [2.05, 4.69) is 0 Å². The highest BCUT2D eigenvalue weighted by molar-refractivity contribution is 4.82. The predicted molar refractivity (Wildman–Crippen MR) is 66.4 cm³/mol. The highest BCUT2D eigenvalue weighted by Gasteiger charge is 2.22. The van der Waals surface area contributed by atoms with Crippen LogP contribution in [0.25, 0.3) is 0 Å². The summed E-state index contributed by atoms with van der Waals surface area (Å²) < 4.78 is 0. The van der Waals surface area contributed by atoms with Crippen molar-refractivity contribution in [3.8, 4) is 0 Å². The molecule has 0 heterocycles. The molecule has 0 radical (unpaired) electrons. The molecule has 0 atom stereocenters.